The van der Waals surface area contributed by atoms with Crippen molar-refractivity contribution in [2.45, 2.75) is 5.88 Å². The van der Waals surface area contributed by atoms with Crippen LogP contribution in [0.25, 0.3) is 0 Å². The van der Waals surface area contributed by atoms with Crippen LogP contribution in [0, 0.1) is 5.82 Å². The van der Waals surface area contributed by atoms with Crippen LogP contribution in [-0.2, 0) is 5.88 Å². The van der Waals surface area contributed by atoms with Crippen LogP contribution in [0.5, 0.6) is 0 Å². The zero-order valence-electron chi connectivity index (χ0n) is 9.83. The number of alkyl halides is 1. The van der Waals surface area contributed by atoms with Gasteiger partial charge in [0.1, 0.15) is 5.82 Å². The van der Waals surface area contributed by atoms with Crippen LogP contribution in [-0.4, -0.2) is 7.05 Å². The van der Waals surface area contributed by atoms with Gasteiger partial charge in [-0.1, -0.05) is 35.9 Å². The zero-order valence-corrected chi connectivity index (χ0v) is 11.3. The Kier molecular flexibility index (Phi) is 4.10. The summed E-state index contributed by atoms with van der Waals surface area (Å²) in [4.78, 5) is 1.72. The molecule has 4 heteroatoms. The first-order valence-corrected chi connectivity index (χ1v) is 6.38. The van der Waals surface area contributed by atoms with Crippen LogP contribution < -0.4 is 4.90 Å². The molecule has 1 nitrogen and oxygen atoms in total. The molecule has 0 amide bonds. The van der Waals surface area contributed by atoms with E-state index in [9.17, 15) is 4.39 Å². The first-order chi connectivity index (χ1) is 8.65. The van der Waals surface area contributed by atoms with E-state index in [0.29, 0.717) is 16.6 Å². The molecule has 0 aliphatic rings. The molecule has 0 spiro atoms. The van der Waals surface area contributed by atoms with Gasteiger partial charge in [0.15, 0.2) is 0 Å². The maximum atomic E-state index is 13.8. The molecule has 0 saturated heterocycles. The van der Waals surface area contributed by atoms with Crippen LogP contribution in [0.1, 0.15) is 5.56 Å². The standard InChI is InChI=1S/C14H12Cl2FN/c1-18(13-8-3-2-7-12(13)17)14-10(9-15)5-4-6-11(14)16/h2-8H,9H2,1H3. The molecule has 0 saturated carbocycles. The van der Waals surface area contributed by atoms with E-state index in [-0.39, 0.29) is 5.82 Å². The van der Waals surface area contributed by atoms with Gasteiger partial charge in [-0.25, -0.2) is 4.39 Å². The lowest BCUT2D eigenvalue weighted by Crippen LogP contribution is -2.13. The van der Waals surface area contributed by atoms with Crippen molar-refractivity contribution in [2.24, 2.45) is 0 Å². The SMILES string of the molecule is CN(c1ccccc1F)c1c(Cl)cccc1CCl. The zero-order chi connectivity index (χ0) is 13.1. The van der Waals surface area contributed by atoms with Gasteiger partial charge >= 0.3 is 0 Å². The van der Waals surface area contributed by atoms with Crippen molar-refractivity contribution in [1.29, 1.82) is 0 Å². The second-order valence-corrected chi connectivity index (χ2v) is 4.57. The average Bonchev–Trinajstić information content (AvgIpc) is 2.38. The van der Waals surface area contributed by atoms with Crippen LogP contribution in [0.2, 0.25) is 5.02 Å². The topological polar surface area (TPSA) is 3.24 Å². The Hall–Kier alpha value is -1.25. The third-order valence-electron chi connectivity index (χ3n) is 2.76. The highest BCUT2D eigenvalue weighted by molar-refractivity contribution is 6.33. The Bertz CT molecular complexity index is 557. The summed E-state index contributed by atoms with van der Waals surface area (Å²) in [5.74, 6) is 0.0368. The first kappa shape index (κ1) is 13.2. The lowest BCUT2D eigenvalue weighted by molar-refractivity contribution is 0.627. The van der Waals surface area contributed by atoms with Crippen LogP contribution in [0.15, 0.2) is 42.5 Å². The van der Waals surface area contributed by atoms with Crippen molar-refractivity contribution in [3.63, 3.8) is 0 Å². The second-order valence-electron chi connectivity index (χ2n) is 3.89. The summed E-state index contributed by atoms with van der Waals surface area (Å²) in [6, 6.07) is 12.0. The quantitative estimate of drug-likeness (QED) is 0.718. The van der Waals surface area contributed by atoms with Crippen molar-refractivity contribution in [3.8, 4) is 0 Å². The summed E-state index contributed by atoms with van der Waals surface area (Å²) in [5, 5.41) is 0.555. The Morgan fingerprint density at radius 3 is 2.50 bits per heavy atom. The van der Waals surface area contributed by atoms with Crippen molar-refractivity contribution in [2.75, 3.05) is 11.9 Å². The lowest BCUT2D eigenvalue weighted by atomic mass is 10.1. The Balaban J connectivity index is 2.52. The van der Waals surface area contributed by atoms with Gasteiger partial charge in [-0.3, -0.25) is 0 Å². The largest absolute Gasteiger partial charge is 0.341 e. The van der Waals surface area contributed by atoms with Gasteiger partial charge in [-0.15, -0.1) is 11.6 Å². The first-order valence-electron chi connectivity index (χ1n) is 5.46. The molecule has 0 heterocycles. The minimum Gasteiger partial charge on any atom is -0.341 e. The molecule has 0 aliphatic carbocycles. The summed E-state index contributed by atoms with van der Waals surface area (Å²) < 4.78 is 13.8. The molecule has 0 radical (unpaired) electrons. The normalized spacial score (nSPS) is 10.4. The van der Waals surface area contributed by atoms with E-state index in [1.165, 1.54) is 6.07 Å². The van der Waals surface area contributed by atoms with Gasteiger partial charge in [-0.2, -0.15) is 0 Å². The van der Waals surface area contributed by atoms with E-state index >= 15 is 0 Å². The third kappa shape index (κ3) is 2.45. The molecular formula is C14H12Cl2FN. The highest BCUT2D eigenvalue weighted by Gasteiger charge is 2.15. The second kappa shape index (κ2) is 5.59. The van der Waals surface area contributed by atoms with Gasteiger partial charge in [0.25, 0.3) is 0 Å². The molecule has 2 aromatic carbocycles. The fourth-order valence-electron chi connectivity index (χ4n) is 1.89. The fourth-order valence-corrected chi connectivity index (χ4v) is 2.42. The molecule has 0 aromatic heterocycles. The Morgan fingerprint density at radius 2 is 1.83 bits per heavy atom. The molecule has 0 N–H and O–H groups in total. The summed E-state index contributed by atoms with van der Waals surface area (Å²) in [6.07, 6.45) is 0. The fraction of sp³-hybridized carbons (Fsp3) is 0.143. The number of hydrogen-bond donors (Lipinski definition) is 0. The molecule has 18 heavy (non-hydrogen) atoms. The minimum absolute atomic E-state index is 0.291. The molecule has 0 unspecified atom stereocenters. The predicted octanol–water partition coefficient (Wildman–Crippen LogP) is 4.99. The van der Waals surface area contributed by atoms with Gasteiger partial charge in [0, 0.05) is 12.9 Å². The van der Waals surface area contributed by atoms with E-state index < -0.39 is 0 Å². The number of halogens is 3. The molecule has 0 fully saturated rings. The number of anilines is 2. The molecule has 94 valence electrons. The Morgan fingerprint density at radius 1 is 1.11 bits per heavy atom. The number of para-hydroxylation sites is 2. The third-order valence-corrected chi connectivity index (χ3v) is 3.36. The summed E-state index contributed by atoms with van der Waals surface area (Å²) in [6.45, 7) is 0. The van der Waals surface area contributed by atoms with Gasteiger partial charge in [0.05, 0.1) is 16.4 Å². The number of hydrogen-bond acceptors (Lipinski definition) is 1. The van der Waals surface area contributed by atoms with E-state index in [1.54, 1.807) is 36.2 Å². The lowest BCUT2D eigenvalue weighted by Gasteiger charge is -2.23. The van der Waals surface area contributed by atoms with E-state index in [0.717, 1.165) is 11.3 Å². The average molecular weight is 284 g/mol. The van der Waals surface area contributed by atoms with E-state index in [1.807, 2.05) is 12.1 Å². The summed E-state index contributed by atoms with van der Waals surface area (Å²) in [7, 11) is 1.77. The molecule has 0 aliphatic heterocycles. The van der Waals surface area contributed by atoms with Crippen LogP contribution in [0.4, 0.5) is 15.8 Å². The Labute approximate surface area is 116 Å². The van der Waals surface area contributed by atoms with Crippen LogP contribution >= 0.6 is 23.2 Å². The minimum atomic E-state index is -0.291. The smallest absolute Gasteiger partial charge is 0.146 e. The maximum absolute atomic E-state index is 13.8. The number of benzene rings is 2. The van der Waals surface area contributed by atoms with E-state index in [2.05, 4.69) is 0 Å². The van der Waals surface area contributed by atoms with Gasteiger partial charge in [0.2, 0.25) is 0 Å². The van der Waals surface area contributed by atoms with Crippen molar-refractivity contribution in [1.82, 2.24) is 0 Å². The van der Waals surface area contributed by atoms with Gasteiger partial charge in [-0.05, 0) is 23.8 Å². The van der Waals surface area contributed by atoms with Crippen molar-refractivity contribution >= 4 is 34.6 Å². The molecule has 0 atom stereocenters. The highest BCUT2D eigenvalue weighted by Crippen LogP contribution is 2.35. The van der Waals surface area contributed by atoms with E-state index in [4.69, 9.17) is 23.2 Å². The molecule has 2 aromatic rings. The number of nitrogens with zero attached hydrogens (tertiary/aromatic N) is 1. The van der Waals surface area contributed by atoms with Crippen molar-refractivity contribution in [3.05, 3.63) is 58.9 Å². The number of rotatable bonds is 3. The maximum Gasteiger partial charge on any atom is 0.146 e. The van der Waals surface area contributed by atoms with Gasteiger partial charge < -0.3 is 4.90 Å². The molecular weight excluding hydrogens is 272 g/mol. The summed E-state index contributed by atoms with van der Waals surface area (Å²) >= 11 is 12.1. The summed E-state index contributed by atoms with van der Waals surface area (Å²) in [5.41, 5.74) is 2.08. The van der Waals surface area contributed by atoms with Crippen LogP contribution in [0.3, 0.4) is 0 Å². The molecule has 2 rings (SSSR count). The van der Waals surface area contributed by atoms with Crippen molar-refractivity contribution < 1.29 is 4.39 Å². The highest BCUT2D eigenvalue weighted by atomic mass is 35.5. The predicted molar refractivity (Wildman–Crippen MR) is 75.5 cm³/mol. The monoisotopic (exact) mass is 283 g/mol. The molecule has 0 bridgehead atoms.